The van der Waals surface area contributed by atoms with E-state index in [-0.39, 0.29) is 0 Å². The zero-order chi connectivity index (χ0) is 22.3. The predicted molar refractivity (Wildman–Crippen MR) is 137 cm³/mol. The minimum atomic E-state index is 0.337. The molecule has 6 heteroatoms. The van der Waals surface area contributed by atoms with Crippen LogP contribution in [0.5, 0.6) is 0 Å². The van der Waals surface area contributed by atoms with Gasteiger partial charge >= 0.3 is 0 Å². The molecule has 1 aliphatic carbocycles. The Labute approximate surface area is 203 Å². The number of hydrogen-bond acceptors (Lipinski definition) is 4. The van der Waals surface area contributed by atoms with Gasteiger partial charge in [0.05, 0.1) is 11.7 Å². The van der Waals surface area contributed by atoms with Crippen molar-refractivity contribution in [1.29, 1.82) is 0 Å². The van der Waals surface area contributed by atoms with Crippen molar-refractivity contribution < 1.29 is 0 Å². The first-order valence-corrected chi connectivity index (χ1v) is 12.8. The van der Waals surface area contributed by atoms with Crippen molar-refractivity contribution in [2.45, 2.75) is 45.2 Å². The van der Waals surface area contributed by atoms with Crippen LogP contribution in [-0.2, 0) is 19.4 Å². The monoisotopic (exact) mass is 508 g/mol. The van der Waals surface area contributed by atoms with E-state index in [1.54, 1.807) is 6.20 Å². The van der Waals surface area contributed by atoms with Crippen molar-refractivity contribution in [3.05, 3.63) is 93.0 Å². The van der Waals surface area contributed by atoms with Crippen LogP contribution < -0.4 is 4.72 Å². The van der Waals surface area contributed by atoms with Gasteiger partial charge in [0.25, 0.3) is 0 Å². The molecule has 0 amide bonds. The van der Waals surface area contributed by atoms with Gasteiger partial charge < -0.3 is 0 Å². The summed E-state index contributed by atoms with van der Waals surface area (Å²) in [6.07, 6.45) is 10.3. The molecule has 0 saturated carbocycles. The van der Waals surface area contributed by atoms with Crippen LogP contribution in [0.2, 0.25) is 0 Å². The summed E-state index contributed by atoms with van der Waals surface area (Å²) in [6, 6.07) is 13.5. The zero-order valence-electron chi connectivity index (χ0n) is 18.4. The normalized spacial score (nSPS) is 17.5. The van der Waals surface area contributed by atoms with E-state index in [1.165, 1.54) is 53.9 Å². The Morgan fingerprint density at radius 2 is 1.94 bits per heavy atom. The van der Waals surface area contributed by atoms with Crippen molar-refractivity contribution in [1.82, 2.24) is 19.6 Å². The van der Waals surface area contributed by atoms with Gasteiger partial charge in [-0.2, -0.15) is 0 Å². The number of fused-ring (bicyclic) bond motifs is 2. The number of nitrogens with zero attached hydrogens (tertiary/aromatic N) is 3. The van der Waals surface area contributed by atoms with Crippen molar-refractivity contribution in [3.63, 3.8) is 0 Å². The average Bonchev–Trinajstić information content (AvgIpc) is 3.29. The van der Waals surface area contributed by atoms with E-state index in [9.17, 15) is 0 Å². The molecule has 2 aromatic heterocycles. The summed E-state index contributed by atoms with van der Waals surface area (Å²) in [5, 5.41) is 0. The van der Waals surface area contributed by atoms with Crippen LogP contribution in [0.4, 0.5) is 0 Å². The molecule has 1 saturated heterocycles. The first-order chi connectivity index (χ1) is 15.7. The molecule has 0 spiro atoms. The maximum atomic E-state index is 5.16. The highest BCUT2D eigenvalue weighted by atomic mass is 79.9. The van der Waals surface area contributed by atoms with E-state index in [4.69, 9.17) is 10.7 Å². The Bertz CT molecular complexity index is 1040. The highest BCUT2D eigenvalue weighted by Crippen LogP contribution is 2.38. The number of aryl methyl sites for hydroxylation is 3. The van der Waals surface area contributed by atoms with E-state index in [1.807, 2.05) is 24.5 Å². The highest BCUT2D eigenvalue weighted by Gasteiger charge is 2.31. The Morgan fingerprint density at radius 3 is 2.69 bits per heavy atom. The Hall–Kier alpha value is -2.08. The molecule has 3 aromatic rings. The molecule has 1 unspecified atom stereocenters. The third-order valence-corrected chi connectivity index (χ3v) is 6.82. The molecule has 1 fully saturated rings. The minimum Gasteiger partial charge on any atom is -0.291 e. The molecule has 3 heterocycles. The first-order valence-electron chi connectivity index (χ1n) is 11.1. The van der Waals surface area contributed by atoms with Crippen LogP contribution in [0.15, 0.2) is 59.5 Å². The number of benzene rings is 1. The van der Waals surface area contributed by atoms with Gasteiger partial charge in [-0.05, 0) is 96.0 Å². The van der Waals surface area contributed by atoms with Crippen LogP contribution in [0.1, 0.15) is 52.4 Å². The van der Waals surface area contributed by atoms with Gasteiger partial charge in [-0.25, -0.2) is 4.72 Å². The van der Waals surface area contributed by atoms with Gasteiger partial charge in [0.2, 0.25) is 0 Å². The number of nitrogens with one attached hydrogen (secondary N) is 1. The van der Waals surface area contributed by atoms with Gasteiger partial charge in [0, 0.05) is 29.6 Å². The number of halogens is 1. The lowest BCUT2D eigenvalue weighted by molar-refractivity contribution is 0.276. The SMILES string of the molecule is C#SNCc1cccnc1.Cc1ccc2c(c1)CCc1cc(Br)cnc1C2N1CCCC1. The summed E-state index contributed by atoms with van der Waals surface area (Å²) in [4.78, 5) is 11.4. The van der Waals surface area contributed by atoms with Crippen LogP contribution in [0, 0.1) is 12.6 Å². The van der Waals surface area contributed by atoms with Crippen LogP contribution in [-0.4, -0.2) is 28.0 Å². The summed E-state index contributed by atoms with van der Waals surface area (Å²) in [5.41, 5.74) is 13.3. The smallest absolute Gasteiger partial charge is 0.0781 e. The largest absolute Gasteiger partial charge is 0.291 e. The van der Waals surface area contributed by atoms with Gasteiger partial charge in [-0.15, -0.1) is 0 Å². The summed E-state index contributed by atoms with van der Waals surface area (Å²) < 4.78 is 4.01. The molecule has 1 aromatic carbocycles. The predicted octanol–water partition coefficient (Wildman–Crippen LogP) is 5.84. The fourth-order valence-electron chi connectivity index (χ4n) is 4.57. The van der Waals surface area contributed by atoms with E-state index in [0.29, 0.717) is 6.04 Å². The van der Waals surface area contributed by atoms with E-state index >= 15 is 0 Å². The Kier molecular flexibility index (Phi) is 8.06. The molecular weight excluding hydrogens is 480 g/mol. The summed E-state index contributed by atoms with van der Waals surface area (Å²) in [6.45, 7) is 5.33. The second kappa shape index (κ2) is 11.2. The van der Waals surface area contributed by atoms with Gasteiger partial charge in [0.15, 0.2) is 0 Å². The molecule has 1 aliphatic heterocycles. The second-order valence-corrected chi connectivity index (χ2v) is 9.79. The van der Waals surface area contributed by atoms with Crippen molar-refractivity contribution in [2.75, 3.05) is 13.1 Å². The Morgan fingerprint density at radius 1 is 1.12 bits per heavy atom. The summed E-state index contributed by atoms with van der Waals surface area (Å²) in [5.74, 6) is 0. The molecule has 0 bridgehead atoms. The van der Waals surface area contributed by atoms with Crippen LogP contribution in [0.3, 0.4) is 0 Å². The number of likely N-dealkylation sites (tertiary alicyclic amines) is 1. The van der Waals surface area contributed by atoms with Gasteiger partial charge in [0.1, 0.15) is 0 Å². The van der Waals surface area contributed by atoms with Crippen LogP contribution in [0.25, 0.3) is 0 Å². The fraction of sp³-hybridized carbons (Fsp3) is 0.346. The molecule has 166 valence electrons. The second-order valence-electron chi connectivity index (χ2n) is 8.35. The number of hydrogen-bond donors (Lipinski definition) is 1. The summed E-state index contributed by atoms with van der Waals surface area (Å²) in [7, 11) is 0. The van der Waals surface area contributed by atoms with E-state index in [2.05, 4.69) is 61.7 Å². The van der Waals surface area contributed by atoms with E-state index < -0.39 is 0 Å². The zero-order valence-corrected chi connectivity index (χ0v) is 20.8. The first kappa shape index (κ1) is 23.1. The molecule has 2 aliphatic rings. The minimum absolute atomic E-state index is 0.337. The molecular formula is C26H29BrN4S. The Balaban J connectivity index is 0.000000207. The highest BCUT2D eigenvalue weighted by molar-refractivity contribution is 9.10. The van der Waals surface area contributed by atoms with Gasteiger partial charge in [-0.3, -0.25) is 14.9 Å². The maximum Gasteiger partial charge on any atom is 0.0781 e. The molecule has 4 nitrogen and oxygen atoms in total. The number of pyridine rings is 2. The maximum absolute atomic E-state index is 5.16. The summed E-state index contributed by atoms with van der Waals surface area (Å²) >= 11 is 4.71. The molecule has 5 rings (SSSR count). The average molecular weight is 510 g/mol. The third-order valence-electron chi connectivity index (χ3n) is 6.07. The fourth-order valence-corrected chi connectivity index (χ4v) is 5.20. The van der Waals surface area contributed by atoms with E-state index in [0.717, 1.165) is 40.8 Å². The van der Waals surface area contributed by atoms with Crippen molar-refractivity contribution >= 4 is 27.3 Å². The number of rotatable bonds is 3. The third kappa shape index (κ3) is 5.64. The number of aromatic nitrogens is 2. The molecule has 1 N–H and O–H groups in total. The molecule has 32 heavy (non-hydrogen) atoms. The molecule has 0 radical (unpaired) electrons. The lowest BCUT2D eigenvalue weighted by Gasteiger charge is -2.29. The van der Waals surface area contributed by atoms with Crippen molar-refractivity contribution in [2.24, 2.45) is 0 Å². The van der Waals surface area contributed by atoms with Gasteiger partial charge in [-0.1, -0.05) is 46.9 Å². The van der Waals surface area contributed by atoms with Crippen LogP contribution >= 0.6 is 27.3 Å². The molecule has 1 atom stereocenters. The topological polar surface area (TPSA) is 41.1 Å². The lowest BCUT2D eigenvalue weighted by Crippen LogP contribution is -2.28. The van der Waals surface area contributed by atoms with Crippen molar-refractivity contribution in [3.8, 4) is 5.69 Å². The quantitative estimate of drug-likeness (QED) is 0.450. The lowest BCUT2D eigenvalue weighted by atomic mass is 9.95. The standard InChI is InChI=1S/C19H21BrN2.C7H8N2S/c1-13-4-7-17-14(10-13)5-6-15-11-16(20)12-21-18(15)19(17)22-8-2-3-9-22;1-10-9-6-7-3-2-4-8-5-7/h4,7,10-12,19H,2-3,5-6,8-9H2,1H3;1-5,9H,6H2.